The fraction of sp³-hybridized carbons (Fsp3) is 0.333. The van der Waals surface area contributed by atoms with Crippen LogP contribution in [-0.4, -0.2) is 15.0 Å². The molecular weight excluding hydrogens is 200 g/mol. The van der Waals surface area contributed by atoms with E-state index in [0.29, 0.717) is 0 Å². The van der Waals surface area contributed by atoms with Gasteiger partial charge in [0.1, 0.15) is 0 Å². The molecule has 2 aromatic rings. The molecule has 4 heteroatoms. The average Bonchev–Trinajstić information content (AvgIpc) is 2.65. The molecule has 0 fully saturated rings. The maximum absolute atomic E-state index is 5.84. The van der Waals surface area contributed by atoms with Gasteiger partial charge in [-0.05, 0) is 37.1 Å². The van der Waals surface area contributed by atoms with Crippen LogP contribution in [-0.2, 0) is 6.54 Å². The highest BCUT2D eigenvalue weighted by molar-refractivity contribution is 5.65. The number of hydrogen-bond acceptors (Lipinski definition) is 3. The summed E-state index contributed by atoms with van der Waals surface area (Å²) in [6.45, 7) is 5.03. The Morgan fingerprint density at radius 3 is 2.81 bits per heavy atom. The predicted molar refractivity (Wildman–Crippen MR) is 64.9 cm³/mol. The molecule has 0 spiro atoms. The quantitative estimate of drug-likeness (QED) is 0.800. The molecule has 0 radical (unpaired) electrons. The van der Waals surface area contributed by atoms with E-state index in [4.69, 9.17) is 5.73 Å². The number of hydrogen-bond donors (Lipinski definition) is 1. The van der Waals surface area contributed by atoms with Crippen molar-refractivity contribution in [3.05, 3.63) is 30.0 Å². The van der Waals surface area contributed by atoms with E-state index < -0.39 is 0 Å². The first-order valence-electron chi connectivity index (χ1n) is 5.46. The van der Waals surface area contributed by atoms with Crippen molar-refractivity contribution in [2.24, 2.45) is 0 Å². The van der Waals surface area contributed by atoms with E-state index in [1.54, 1.807) is 6.20 Å². The van der Waals surface area contributed by atoms with E-state index in [1.165, 1.54) is 0 Å². The first-order valence-corrected chi connectivity index (χ1v) is 5.46. The second-order valence-corrected chi connectivity index (χ2v) is 3.97. The van der Waals surface area contributed by atoms with Gasteiger partial charge in [0.05, 0.1) is 11.9 Å². The van der Waals surface area contributed by atoms with Crippen LogP contribution in [0, 0.1) is 6.92 Å². The van der Waals surface area contributed by atoms with Crippen molar-refractivity contribution in [2.75, 3.05) is 5.73 Å². The highest BCUT2D eigenvalue weighted by atomic mass is 15.4. The molecule has 0 aliphatic heterocycles. The molecule has 1 aromatic heterocycles. The van der Waals surface area contributed by atoms with Crippen molar-refractivity contribution < 1.29 is 0 Å². The minimum Gasteiger partial charge on any atom is -0.399 e. The van der Waals surface area contributed by atoms with E-state index in [9.17, 15) is 0 Å². The average molecular weight is 216 g/mol. The molecule has 0 unspecified atom stereocenters. The molecule has 2 rings (SSSR count). The van der Waals surface area contributed by atoms with Gasteiger partial charge in [-0.3, -0.25) is 0 Å². The smallest absolute Gasteiger partial charge is 0.0886 e. The van der Waals surface area contributed by atoms with Gasteiger partial charge in [-0.15, -0.1) is 5.10 Å². The first-order chi connectivity index (χ1) is 7.70. The van der Waals surface area contributed by atoms with Gasteiger partial charge in [-0.25, -0.2) is 4.68 Å². The van der Waals surface area contributed by atoms with Crippen LogP contribution >= 0.6 is 0 Å². The van der Waals surface area contributed by atoms with Gasteiger partial charge in [0.15, 0.2) is 0 Å². The summed E-state index contributed by atoms with van der Waals surface area (Å²) in [7, 11) is 0. The lowest BCUT2D eigenvalue weighted by atomic mass is 10.1. The maximum atomic E-state index is 5.84. The Morgan fingerprint density at radius 2 is 2.12 bits per heavy atom. The molecular formula is C12H16N4. The van der Waals surface area contributed by atoms with E-state index in [0.717, 1.165) is 35.5 Å². The minimum absolute atomic E-state index is 0.777. The molecule has 0 aliphatic rings. The van der Waals surface area contributed by atoms with E-state index in [1.807, 2.05) is 23.7 Å². The van der Waals surface area contributed by atoms with Crippen molar-refractivity contribution in [3.63, 3.8) is 0 Å². The number of aromatic nitrogens is 3. The standard InChI is InChI=1S/C12H16N4/c1-3-4-16-12(8-14-15-16)10-5-9(2)6-11(13)7-10/h5-8H,3-4,13H2,1-2H3. The lowest BCUT2D eigenvalue weighted by Crippen LogP contribution is -2.02. The number of anilines is 1. The van der Waals surface area contributed by atoms with Crippen LogP contribution in [0.3, 0.4) is 0 Å². The van der Waals surface area contributed by atoms with E-state index >= 15 is 0 Å². The number of nitrogen functional groups attached to an aromatic ring is 1. The Bertz CT molecular complexity index is 467. The Morgan fingerprint density at radius 1 is 1.31 bits per heavy atom. The zero-order valence-corrected chi connectivity index (χ0v) is 9.64. The summed E-state index contributed by atoms with van der Waals surface area (Å²) in [5.74, 6) is 0. The van der Waals surface area contributed by atoms with Crippen LogP contribution in [0.4, 0.5) is 5.69 Å². The molecule has 1 aromatic carbocycles. The molecule has 0 atom stereocenters. The number of rotatable bonds is 3. The number of nitrogens with two attached hydrogens (primary N) is 1. The van der Waals surface area contributed by atoms with Crippen LogP contribution in [0.5, 0.6) is 0 Å². The van der Waals surface area contributed by atoms with Gasteiger partial charge in [-0.2, -0.15) is 0 Å². The molecule has 0 aliphatic carbocycles. The number of nitrogens with zero attached hydrogens (tertiary/aromatic N) is 3. The van der Waals surface area contributed by atoms with Gasteiger partial charge in [-0.1, -0.05) is 12.1 Å². The zero-order valence-electron chi connectivity index (χ0n) is 9.64. The fourth-order valence-corrected chi connectivity index (χ4v) is 1.82. The van der Waals surface area contributed by atoms with Crippen LogP contribution < -0.4 is 5.73 Å². The predicted octanol–water partition coefficient (Wildman–Crippen LogP) is 2.25. The SMILES string of the molecule is CCCn1nncc1-c1cc(C)cc(N)c1. The van der Waals surface area contributed by atoms with Crippen LogP contribution in [0.1, 0.15) is 18.9 Å². The molecule has 0 bridgehead atoms. The van der Waals surface area contributed by atoms with Crippen molar-refractivity contribution in [2.45, 2.75) is 26.8 Å². The number of benzene rings is 1. The lowest BCUT2D eigenvalue weighted by Gasteiger charge is -2.06. The van der Waals surface area contributed by atoms with Gasteiger partial charge >= 0.3 is 0 Å². The van der Waals surface area contributed by atoms with Crippen molar-refractivity contribution >= 4 is 5.69 Å². The summed E-state index contributed by atoms with van der Waals surface area (Å²) in [6, 6.07) is 6.01. The fourth-order valence-electron chi connectivity index (χ4n) is 1.82. The highest BCUT2D eigenvalue weighted by Crippen LogP contribution is 2.22. The minimum atomic E-state index is 0.777. The summed E-state index contributed by atoms with van der Waals surface area (Å²) < 4.78 is 1.91. The number of aryl methyl sites for hydroxylation is 2. The third-order valence-corrected chi connectivity index (χ3v) is 2.45. The molecule has 84 valence electrons. The topological polar surface area (TPSA) is 56.7 Å². The molecule has 16 heavy (non-hydrogen) atoms. The molecule has 4 nitrogen and oxygen atoms in total. The third kappa shape index (κ3) is 2.05. The van der Waals surface area contributed by atoms with Crippen molar-refractivity contribution in [1.82, 2.24) is 15.0 Å². The summed E-state index contributed by atoms with van der Waals surface area (Å²) >= 11 is 0. The summed E-state index contributed by atoms with van der Waals surface area (Å²) in [5.41, 5.74) is 9.87. The van der Waals surface area contributed by atoms with E-state index in [-0.39, 0.29) is 0 Å². The first kappa shape index (κ1) is 10.7. The Kier molecular flexibility index (Phi) is 2.90. The van der Waals surface area contributed by atoms with E-state index in [2.05, 4.69) is 23.3 Å². The van der Waals surface area contributed by atoms with Crippen molar-refractivity contribution in [1.29, 1.82) is 0 Å². The second-order valence-electron chi connectivity index (χ2n) is 3.97. The second kappa shape index (κ2) is 4.35. The molecule has 0 saturated heterocycles. The van der Waals surface area contributed by atoms with Crippen LogP contribution in [0.15, 0.2) is 24.4 Å². The largest absolute Gasteiger partial charge is 0.399 e. The summed E-state index contributed by atoms with van der Waals surface area (Å²) in [5, 5.41) is 8.02. The van der Waals surface area contributed by atoms with Gasteiger partial charge < -0.3 is 5.73 Å². The van der Waals surface area contributed by atoms with Gasteiger partial charge in [0.2, 0.25) is 0 Å². The third-order valence-electron chi connectivity index (χ3n) is 2.45. The highest BCUT2D eigenvalue weighted by Gasteiger charge is 2.06. The zero-order chi connectivity index (χ0) is 11.5. The Hall–Kier alpha value is -1.84. The molecule has 1 heterocycles. The lowest BCUT2D eigenvalue weighted by molar-refractivity contribution is 0.584. The maximum Gasteiger partial charge on any atom is 0.0886 e. The van der Waals surface area contributed by atoms with Gasteiger partial charge in [0, 0.05) is 17.8 Å². The van der Waals surface area contributed by atoms with Crippen LogP contribution in [0.2, 0.25) is 0 Å². The van der Waals surface area contributed by atoms with Crippen LogP contribution in [0.25, 0.3) is 11.3 Å². The van der Waals surface area contributed by atoms with Gasteiger partial charge in [0.25, 0.3) is 0 Å². The summed E-state index contributed by atoms with van der Waals surface area (Å²) in [4.78, 5) is 0. The molecule has 0 amide bonds. The van der Waals surface area contributed by atoms with Crippen molar-refractivity contribution in [3.8, 4) is 11.3 Å². The molecule has 2 N–H and O–H groups in total. The monoisotopic (exact) mass is 216 g/mol. The normalized spacial score (nSPS) is 10.6. The molecule has 0 saturated carbocycles. The summed E-state index contributed by atoms with van der Waals surface area (Å²) in [6.07, 6.45) is 2.82. The Labute approximate surface area is 95.1 Å². The Balaban J connectivity index is 2.45.